The lowest BCUT2D eigenvalue weighted by Gasteiger charge is -2.12. The number of aryl methyl sites for hydroxylation is 2. The number of benzene rings is 1. The molecular weight excluding hydrogens is 273 g/mol. The largest absolute Gasteiger partial charge is 0.478 e. The molecule has 2 N–H and O–H groups in total. The average Bonchev–Trinajstić information content (AvgIpc) is 2.39. The molecule has 0 unspecified atom stereocenters. The quantitative estimate of drug-likeness (QED) is 0.904. The van der Waals surface area contributed by atoms with E-state index in [0.29, 0.717) is 16.9 Å². The third-order valence-corrected chi connectivity index (χ3v) is 2.91. The lowest BCUT2D eigenvalue weighted by Crippen LogP contribution is -2.08. The number of nitrogens with one attached hydrogen (secondary N) is 1. The van der Waals surface area contributed by atoms with Crippen molar-refractivity contribution in [2.45, 2.75) is 13.8 Å². The monoisotopic (exact) mass is 285 g/mol. The summed E-state index contributed by atoms with van der Waals surface area (Å²) in [5.74, 6) is -1.57. The molecule has 0 saturated carbocycles. The van der Waals surface area contributed by atoms with Gasteiger partial charge in [0.2, 0.25) is 0 Å². The summed E-state index contributed by atoms with van der Waals surface area (Å²) < 4.78 is 13.3. The molecule has 1 aromatic carbocycles. The van der Waals surface area contributed by atoms with Gasteiger partial charge in [-0.3, -0.25) is 0 Å². The number of rotatable bonds is 3. The van der Waals surface area contributed by atoms with Crippen LogP contribution in [0.5, 0.6) is 0 Å². The molecule has 2 aromatic rings. The van der Waals surface area contributed by atoms with Gasteiger partial charge < -0.3 is 10.4 Å². The van der Waals surface area contributed by atoms with E-state index >= 15 is 0 Å². The van der Waals surface area contributed by atoms with Crippen LogP contribution in [0.25, 0.3) is 0 Å². The van der Waals surface area contributed by atoms with Crippen molar-refractivity contribution in [2.75, 3.05) is 5.32 Å². The topological polar surface area (TPSA) is 86.0 Å². The predicted molar refractivity (Wildman–Crippen MR) is 75.1 cm³/mol. The van der Waals surface area contributed by atoms with Crippen molar-refractivity contribution in [1.82, 2.24) is 4.98 Å². The molecule has 1 heterocycles. The van der Waals surface area contributed by atoms with Crippen molar-refractivity contribution in [3.63, 3.8) is 0 Å². The molecule has 0 aliphatic heterocycles. The highest BCUT2D eigenvalue weighted by atomic mass is 19.1. The maximum atomic E-state index is 13.3. The van der Waals surface area contributed by atoms with Crippen LogP contribution < -0.4 is 5.32 Å². The second kappa shape index (κ2) is 5.59. The third-order valence-electron chi connectivity index (χ3n) is 2.91. The molecule has 5 nitrogen and oxygen atoms in total. The van der Waals surface area contributed by atoms with E-state index < -0.39 is 11.8 Å². The van der Waals surface area contributed by atoms with E-state index in [-0.39, 0.29) is 16.9 Å². The fraction of sp³-hybridized carbons (Fsp3) is 0.133. The fourth-order valence-corrected chi connectivity index (χ4v) is 2.02. The highest BCUT2D eigenvalue weighted by Crippen LogP contribution is 2.24. The Balaban J connectivity index is 2.49. The summed E-state index contributed by atoms with van der Waals surface area (Å²) in [7, 11) is 0. The summed E-state index contributed by atoms with van der Waals surface area (Å²) in [5, 5.41) is 20.9. The van der Waals surface area contributed by atoms with Crippen LogP contribution in [0.4, 0.5) is 15.9 Å². The molecule has 0 bridgehead atoms. The van der Waals surface area contributed by atoms with Gasteiger partial charge in [0.05, 0.1) is 5.56 Å². The number of pyridine rings is 1. The number of halogens is 1. The molecule has 0 atom stereocenters. The van der Waals surface area contributed by atoms with E-state index in [1.54, 1.807) is 26.0 Å². The van der Waals surface area contributed by atoms with Gasteiger partial charge >= 0.3 is 5.97 Å². The van der Waals surface area contributed by atoms with Gasteiger partial charge in [-0.05, 0) is 43.7 Å². The Hall–Kier alpha value is -2.94. The van der Waals surface area contributed by atoms with Crippen molar-refractivity contribution >= 4 is 17.5 Å². The van der Waals surface area contributed by atoms with E-state index in [1.165, 1.54) is 12.1 Å². The Morgan fingerprint density at radius 1 is 1.38 bits per heavy atom. The minimum absolute atomic E-state index is 0.0448. The van der Waals surface area contributed by atoms with Crippen molar-refractivity contribution in [1.29, 1.82) is 5.26 Å². The van der Waals surface area contributed by atoms with Gasteiger partial charge in [0.15, 0.2) is 0 Å². The molecule has 1 aromatic heterocycles. The van der Waals surface area contributed by atoms with Gasteiger partial charge in [0.1, 0.15) is 23.3 Å². The number of aromatic nitrogens is 1. The molecule has 0 saturated heterocycles. The molecule has 0 aliphatic rings. The van der Waals surface area contributed by atoms with Crippen LogP contribution in [0.15, 0.2) is 24.3 Å². The SMILES string of the molecule is Cc1cc(C)c(C(=O)O)c(Nc2ccc(F)c(C#N)c2)n1. The first-order valence-electron chi connectivity index (χ1n) is 6.10. The van der Waals surface area contributed by atoms with Gasteiger partial charge in [-0.15, -0.1) is 0 Å². The molecule has 0 fully saturated rings. The van der Waals surface area contributed by atoms with Crippen LogP contribution in [0.2, 0.25) is 0 Å². The molecule has 106 valence electrons. The van der Waals surface area contributed by atoms with E-state index in [1.807, 2.05) is 0 Å². The Morgan fingerprint density at radius 3 is 2.71 bits per heavy atom. The van der Waals surface area contributed by atoms with Crippen LogP contribution in [-0.2, 0) is 0 Å². The van der Waals surface area contributed by atoms with Crippen LogP contribution in [0, 0.1) is 31.0 Å². The number of carboxylic acid groups (broad SMARTS) is 1. The van der Waals surface area contributed by atoms with Crippen LogP contribution >= 0.6 is 0 Å². The van der Waals surface area contributed by atoms with Gasteiger partial charge in [0, 0.05) is 11.4 Å². The maximum absolute atomic E-state index is 13.3. The molecule has 6 heteroatoms. The predicted octanol–water partition coefficient (Wildman–Crippen LogP) is 3.15. The first kappa shape index (κ1) is 14.5. The van der Waals surface area contributed by atoms with Gasteiger partial charge in [0.25, 0.3) is 0 Å². The molecule has 0 spiro atoms. The van der Waals surface area contributed by atoms with E-state index in [0.717, 1.165) is 6.07 Å². The number of carbonyl (C=O) groups is 1. The molecule has 0 amide bonds. The maximum Gasteiger partial charge on any atom is 0.339 e. The number of hydrogen-bond acceptors (Lipinski definition) is 4. The lowest BCUT2D eigenvalue weighted by molar-refractivity contribution is 0.0697. The second-order valence-corrected chi connectivity index (χ2v) is 4.54. The number of nitriles is 1. The van der Waals surface area contributed by atoms with E-state index in [4.69, 9.17) is 5.26 Å². The smallest absolute Gasteiger partial charge is 0.339 e. The Kier molecular flexibility index (Phi) is 3.85. The van der Waals surface area contributed by atoms with Crippen LogP contribution in [0.1, 0.15) is 27.2 Å². The molecule has 2 rings (SSSR count). The lowest BCUT2D eigenvalue weighted by atomic mass is 10.1. The van der Waals surface area contributed by atoms with Crippen LogP contribution in [-0.4, -0.2) is 16.1 Å². The molecule has 21 heavy (non-hydrogen) atoms. The zero-order valence-corrected chi connectivity index (χ0v) is 11.4. The highest BCUT2D eigenvalue weighted by Gasteiger charge is 2.16. The summed E-state index contributed by atoms with van der Waals surface area (Å²) in [6.45, 7) is 3.42. The molecule has 0 aliphatic carbocycles. The van der Waals surface area contributed by atoms with Gasteiger partial charge in [-0.1, -0.05) is 0 Å². The summed E-state index contributed by atoms with van der Waals surface area (Å²) in [4.78, 5) is 15.5. The third kappa shape index (κ3) is 2.98. The Labute approximate surface area is 120 Å². The highest BCUT2D eigenvalue weighted by molar-refractivity contribution is 5.95. The summed E-state index contributed by atoms with van der Waals surface area (Å²) in [6.07, 6.45) is 0. The number of carboxylic acids is 1. The number of aromatic carboxylic acids is 1. The number of nitrogens with zero attached hydrogens (tertiary/aromatic N) is 2. The number of hydrogen-bond donors (Lipinski definition) is 2. The molecular formula is C15H12FN3O2. The zero-order chi connectivity index (χ0) is 15.6. The van der Waals surface area contributed by atoms with E-state index in [9.17, 15) is 14.3 Å². The normalized spacial score (nSPS) is 10.0. The van der Waals surface area contributed by atoms with Gasteiger partial charge in [-0.2, -0.15) is 5.26 Å². The Bertz CT molecular complexity index is 766. The van der Waals surface area contributed by atoms with Crippen molar-refractivity contribution in [3.05, 3.63) is 52.5 Å². The van der Waals surface area contributed by atoms with Crippen molar-refractivity contribution in [2.24, 2.45) is 0 Å². The van der Waals surface area contributed by atoms with Crippen LogP contribution in [0.3, 0.4) is 0 Å². The Morgan fingerprint density at radius 2 is 2.10 bits per heavy atom. The standard InChI is InChI=1S/C15H12FN3O2/c1-8-5-9(2)18-14(13(8)15(20)21)19-11-3-4-12(16)10(6-11)7-17/h3-6H,1-2H3,(H,18,19)(H,20,21). The molecule has 0 radical (unpaired) electrons. The fourth-order valence-electron chi connectivity index (χ4n) is 2.02. The first-order valence-corrected chi connectivity index (χ1v) is 6.10. The van der Waals surface area contributed by atoms with Crippen molar-refractivity contribution in [3.8, 4) is 6.07 Å². The first-order chi connectivity index (χ1) is 9.92. The van der Waals surface area contributed by atoms with Gasteiger partial charge in [-0.25, -0.2) is 14.2 Å². The minimum Gasteiger partial charge on any atom is -0.478 e. The second-order valence-electron chi connectivity index (χ2n) is 4.54. The number of anilines is 2. The van der Waals surface area contributed by atoms with Crippen molar-refractivity contribution < 1.29 is 14.3 Å². The zero-order valence-electron chi connectivity index (χ0n) is 11.4. The summed E-state index contributed by atoms with van der Waals surface area (Å²) >= 11 is 0. The summed E-state index contributed by atoms with van der Waals surface area (Å²) in [5.41, 5.74) is 1.54. The summed E-state index contributed by atoms with van der Waals surface area (Å²) in [6, 6.07) is 7.26. The minimum atomic E-state index is -1.11. The van der Waals surface area contributed by atoms with E-state index in [2.05, 4.69) is 10.3 Å². The average molecular weight is 285 g/mol.